The van der Waals surface area contributed by atoms with Gasteiger partial charge in [0.25, 0.3) is 5.91 Å². The van der Waals surface area contributed by atoms with Gasteiger partial charge in [0.1, 0.15) is 0 Å². The highest BCUT2D eigenvalue weighted by Crippen LogP contribution is 2.19. The van der Waals surface area contributed by atoms with E-state index in [0.29, 0.717) is 24.4 Å². The molecule has 17 heavy (non-hydrogen) atoms. The number of nitrogens with zero attached hydrogens (tertiary/aromatic N) is 1. The maximum Gasteiger partial charge on any atom is 0.251 e. The monoisotopic (exact) mass is 232 g/mol. The number of hydrogen-bond donors (Lipinski definition) is 1. The van der Waals surface area contributed by atoms with Crippen LogP contribution in [-0.2, 0) is 0 Å². The first-order chi connectivity index (χ1) is 8.06. The molecule has 0 aliphatic carbocycles. The average molecular weight is 232 g/mol. The van der Waals surface area contributed by atoms with E-state index in [-0.39, 0.29) is 7.33 Å². The van der Waals surface area contributed by atoms with Gasteiger partial charge in [-0.3, -0.25) is 4.79 Å². The van der Waals surface area contributed by atoms with Crippen LogP contribution in [0.1, 0.15) is 49.1 Å². The van der Waals surface area contributed by atoms with Crippen LogP contribution in [0.5, 0.6) is 0 Å². The Balaban J connectivity index is 0.00000289. The van der Waals surface area contributed by atoms with Crippen LogP contribution in [-0.4, -0.2) is 12.5 Å². The number of carbonyl (C=O) groups excluding carboxylic acids is 1. The molecule has 1 aromatic rings. The van der Waals surface area contributed by atoms with Crippen LogP contribution < -0.4 is 5.32 Å². The quantitative estimate of drug-likeness (QED) is 0.811. The second-order valence-electron chi connectivity index (χ2n) is 4.39. The fourth-order valence-electron chi connectivity index (χ4n) is 1.80. The predicted octanol–water partition coefficient (Wildman–Crippen LogP) is 3.01. The minimum Gasteiger partial charge on any atom is -0.351 e. The van der Waals surface area contributed by atoms with Gasteiger partial charge in [-0.1, -0.05) is 19.9 Å². The number of hydrogen-bond acceptors (Lipinski definition) is 2. The normalized spacial score (nSPS) is 10.1. The summed E-state index contributed by atoms with van der Waals surface area (Å²) in [7, 11) is 0. The third-order valence-corrected chi connectivity index (χ3v) is 2.68. The highest BCUT2D eigenvalue weighted by atomic mass is 16.1. The molecule has 1 amide bonds. The Kier molecular flexibility index (Phi) is 4.71. The van der Waals surface area contributed by atoms with E-state index in [4.69, 9.17) is 5.26 Å². The molecule has 0 unspecified atom stereocenters. The molecule has 0 aromatic heterocycles. The van der Waals surface area contributed by atoms with Crippen LogP contribution in [0.25, 0.3) is 0 Å². The summed E-state index contributed by atoms with van der Waals surface area (Å²) in [5, 5.41) is 11.1. The molecule has 3 heteroatoms. The van der Waals surface area contributed by atoms with Crippen LogP contribution in [0.4, 0.5) is 0 Å². The number of rotatable bonds is 4. The van der Waals surface area contributed by atoms with E-state index in [9.17, 15) is 4.79 Å². The molecule has 0 aliphatic rings. The van der Waals surface area contributed by atoms with Crippen LogP contribution in [0.2, 0.25) is 0 Å². The molecule has 92 valence electrons. The highest BCUT2D eigenvalue weighted by Gasteiger charge is 2.08. The Labute approximate surface area is 104 Å². The molecule has 0 fully saturated rings. The first-order valence-corrected chi connectivity index (χ1v) is 5.82. The van der Waals surface area contributed by atoms with E-state index in [0.717, 1.165) is 5.56 Å². The molecule has 0 aliphatic heterocycles. The van der Waals surface area contributed by atoms with Gasteiger partial charge in [0.15, 0.2) is 0 Å². The van der Waals surface area contributed by atoms with Crippen LogP contribution >= 0.6 is 0 Å². The summed E-state index contributed by atoms with van der Waals surface area (Å²) < 4.78 is 0. The molecule has 0 radical (unpaired) electrons. The molecule has 3 nitrogen and oxygen atoms in total. The van der Waals surface area contributed by atoms with Crippen molar-refractivity contribution in [2.75, 3.05) is 6.54 Å². The van der Waals surface area contributed by atoms with Crippen molar-refractivity contribution in [2.24, 2.45) is 0 Å². The first kappa shape index (κ1) is 13.2. The standard InChI is InChI=1S/C14H18N2O.H2/c1-10(2)13-6-5-12(9-11(13)3)14(17)16-8-4-7-15;/h5-6,9-10H,4,8H2,1-3H3,(H,16,17);1H. The van der Waals surface area contributed by atoms with Crippen molar-refractivity contribution in [3.05, 3.63) is 34.9 Å². The van der Waals surface area contributed by atoms with Crippen LogP contribution in [0, 0.1) is 18.3 Å². The molecular formula is C14H20N2O. The predicted molar refractivity (Wildman–Crippen MR) is 69.9 cm³/mol. The first-order valence-electron chi connectivity index (χ1n) is 5.82. The van der Waals surface area contributed by atoms with E-state index in [1.165, 1.54) is 5.56 Å². The highest BCUT2D eigenvalue weighted by molar-refractivity contribution is 5.94. The van der Waals surface area contributed by atoms with Gasteiger partial charge in [0.05, 0.1) is 12.5 Å². The summed E-state index contributed by atoms with van der Waals surface area (Å²) in [5.74, 6) is 0.351. The van der Waals surface area contributed by atoms with E-state index in [1.807, 2.05) is 31.2 Å². The SMILES string of the molecule is Cc1cc(C(=O)NCCC#N)ccc1C(C)C.[HH]. The second kappa shape index (κ2) is 6.05. The second-order valence-corrected chi connectivity index (χ2v) is 4.39. The minimum absolute atomic E-state index is 0. The van der Waals surface area contributed by atoms with Gasteiger partial charge in [-0.2, -0.15) is 5.26 Å². The van der Waals surface area contributed by atoms with Gasteiger partial charge in [-0.05, 0) is 36.1 Å². The number of aryl methyl sites for hydroxylation is 1. The number of carbonyl (C=O) groups is 1. The number of nitrogens with one attached hydrogen (secondary N) is 1. The summed E-state index contributed by atoms with van der Waals surface area (Å²) in [6.45, 7) is 6.69. The average Bonchev–Trinajstić information content (AvgIpc) is 2.28. The van der Waals surface area contributed by atoms with E-state index in [2.05, 4.69) is 19.2 Å². The van der Waals surface area contributed by atoms with Crippen molar-refractivity contribution in [3.63, 3.8) is 0 Å². The largest absolute Gasteiger partial charge is 0.351 e. The lowest BCUT2D eigenvalue weighted by Crippen LogP contribution is -2.24. The molecule has 0 saturated carbocycles. The van der Waals surface area contributed by atoms with Gasteiger partial charge >= 0.3 is 0 Å². The third-order valence-electron chi connectivity index (χ3n) is 2.68. The number of amides is 1. The van der Waals surface area contributed by atoms with Crippen molar-refractivity contribution < 1.29 is 6.22 Å². The van der Waals surface area contributed by atoms with Crippen LogP contribution in [0.3, 0.4) is 0 Å². The van der Waals surface area contributed by atoms with E-state index >= 15 is 0 Å². The fourth-order valence-corrected chi connectivity index (χ4v) is 1.80. The van der Waals surface area contributed by atoms with Crippen molar-refractivity contribution >= 4 is 5.91 Å². The minimum atomic E-state index is -0.112. The zero-order valence-electron chi connectivity index (χ0n) is 10.6. The van der Waals surface area contributed by atoms with Gasteiger partial charge in [0.2, 0.25) is 0 Å². The van der Waals surface area contributed by atoms with Crippen molar-refractivity contribution in [1.29, 1.82) is 5.26 Å². The lowest BCUT2D eigenvalue weighted by atomic mass is 9.96. The molecule has 0 bridgehead atoms. The van der Waals surface area contributed by atoms with Gasteiger partial charge < -0.3 is 5.32 Å². The molecular weight excluding hydrogens is 212 g/mol. The maximum atomic E-state index is 11.7. The lowest BCUT2D eigenvalue weighted by Gasteiger charge is -2.11. The number of nitriles is 1. The van der Waals surface area contributed by atoms with E-state index in [1.54, 1.807) is 0 Å². The van der Waals surface area contributed by atoms with Crippen molar-refractivity contribution in [3.8, 4) is 6.07 Å². The smallest absolute Gasteiger partial charge is 0.251 e. The zero-order valence-corrected chi connectivity index (χ0v) is 10.6. The van der Waals surface area contributed by atoms with Crippen molar-refractivity contribution in [1.82, 2.24) is 5.32 Å². The maximum absolute atomic E-state index is 11.7. The Bertz CT molecular complexity index is 450. The van der Waals surface area contributed by atoms with Gasteiger partial charge in [0, 0.05) is 13.5 Å². The summed E-state index contributed by atoms with van der Waals surface area (Å²) >= 11 is 0. The Morgan fingerprint density at radius 3 is 2.76 bits per heavy atom. The van der Waals surface area contributed by atoms with E-state index < -0.39 is 0 Å². The Morgan fingerprint density at radius 1 is 1.53 bits per heavy atom. The molecule has 0 heterocycles. The molecule has 1 aromatic carbocycles. The van der Waals surface area contributed by atoms with Crippen molar-refractivity contribution in [2.45, 2.75) is 33.1 Å². The summed E-state index contributed by atoms with van der Waals surface area (Å²) in [5.41, 5.74) is 3.05. The Hall–Kier alpha value is -1.82. The summed E-state index contributed by atoms with van der Waals surface area (Å²) in [4.78, 5) is 11.7. The lowest BCUT2D eigenvalue weighted by molar-refractivity contribution is 0.0954. The summed E-state index contributed by atoms with van der Waals surface area (Å²) in [6.07, 6.45) is 0.342. The van der Waals surface area contributed by atoms with Gasteiger partial charge in [-0.15, -0.1) is 0 Å². The third kappa shape index (κ3) is 3.60. The zero-order chi connectivity index (χ0) is 12.8. The molecule has 1 N–H and O–H groups in total. The topological polar surface area (TPSA) is 52.9 Å². The fraction of sp³-hybridized carbons (Fsp3) is 0.429. The molecule has 0 atom stereocenters. The molecule has 0 saturated heterocycles. The molecule has 0 spiro atoms. The van der Waals surface area contributed by atoms with Gasteiger partial charge in [-0.25, -0.2) is 0 Å². The number of benzene rings is 1. The Morgan fingerprint density at radius 2 is 2.24 bits per heavy atom. The van der Waals surface area contributed by atoms with Crippen LogP contribution in [0.15, 0.2) is 18.2 Å². The molecule has 1 rings (SSSR count). The summed E-state index contributed by atoms with van der Waals surface area (Å²) in [6, 6.07) is 7.73.